The van der Waals surface area contributed by atoms with Crippen LogP contribution in [0.2, 0.25) is 0 Å². The van der Waals surface area contributed by atoms with E-state index in [1.165, 1.54) is 0 Å². The van der Waals surface area contributed by atoms with Crippen LogP contribution in [0.3, 0.4) is 0 Å². The smallest absolute Gasteiger partial charge is 0.152 e. The van der Waals surface area contributed by atoms with Gasteiger partial charge in [0, 0.05) is 34.9 Å². The van der Waals surface area contributed by atoms with Gasteiger partial charge in [-0.3, -0.25) is 4.79 Å². The molecule has 1 fully saturated rings. The maximum atomic E-state index is 11.1. The van der Waals surface area contributed by atoms with Crippen LogP contribution < -0.4 is 4.90 Å². The lowest BCUT2D eigenvalue weighted by molar-refractivity contribution is 0.112. The highest BCUT2D eigenvalue weighted by molar-refractivity contribution is 9.10. The fraction of sp³-hybridized carbons (Fsp3) is 0.462. The van der Waals surface area contributed by atoms with E-state index < -0.39 is 0 Å². The van der Waals surface area contributed by atoms with Crippen molar-refractivity contribution in [3.63, 3.8) is 0 Å². The van der Waals surface area contributed by atoms with Gasteiger partial charge in [0.1, 0.15) is 0 Å². The molecule has 0 saturated carbocycles. The average molecular weight is 297 g/mol. The molecule has 0 N–H and O–H groups in total. The number of halogens is 1. The summed E-state index contributed by atoms with van der Waals surface area (Å²) in [6, 6.07) is 6.39. The molecule has 0 bridgehead atoms. The Morgan fingerprint density at radius 1 is 1.47 bits per heavy atom. The molecule has 92 valence electrons. The minimum absolute atomic E-state index is 0.577. The van der Waals surface area contributed by atoms with E-state index in [0.717, 1.165) is 41.5 Å². The number of rotatable bonds is 3. The molecule has 0 radical (unpaired) electrons. The van der Waals surface area contributed by atoms with E-state index in [1.54, 1.807) is 0 Å². The van der Waals surface area contributed by atoms with Gasteiger partial charge in [-0.2, -0.15) is 0 Å². The predicted molar refractivity (Wildman–Crippen MR) is 73.8 cm³/mol. The molecule has 2 rings (SSSR count). The highest BCUT2D eigenvalue weighted by Crippen LogP contribution is 2.28. The number of likely N-dealkylation sites (N-methyl/N-ethyl adjacent to an activating group) is 1. The molecule has 4 heteroatoms. The second-order valence-corrected chi connectivity index (χ2v) is 5.59. The molecule has 1 heterocycles. The maximum Gasteiger partial charge on any atom is 0.152 e. The molecular formula is C13H17BrN2O. The van der Waals surface area contributed by atoms with Crippen LogP contribution in [0.4, 0.5) is 5.69 Å². The van der Waals surface area contributed by atoms with Gasteiger partial charge in [0.2, 0.25) is 0 Å². The van der Waals surface area contributed by atoms with Gasteiger partial charge in [-0.15, -0.1) is 0 Å². The van der Waals surface area contributed by atoms with Crippen LogP contribution in [0.5, 0.6) is 0 Å². The fourth-order valence-corrected chi connectivity index (χ4v) is 2.62. The lowest BCUT2D eigenvalue weighted by Gasteiger charge is -2.23. The van der Waals surface area contributed by atoms with E-state index in [0.29, 0.717) is 6.04 Å². The van der Waals surface area contributed by atoms with Crippen molar-refractivity contribution in [3.05, 3.63) is 28.2 Å². The van der Waals surface area contributed by atoms with Crippen LogP contribution in [0.1, 0.15) is 16.8 Å². The molecule has 0 aromatic heterocycles. The average Bonchev–Trinajstić information content (AvgIpc) is 2.78. The zero-order valence-electron chi connectivity index (χ0n) is 10.2. The number of anilines is 1. The first-order valence-corrected chi connectivity index (χ1v) is 6.57. The minimum Gasteiger partial charge on any atom is -0.369 e. The quantitative estimate of drug-likeness (QED) is 0.801. The highest BCUT2D eigenvalue weighted by atomic mass is 79.9. The molecule has 1 aliphatic heterocycles. The molecule has 0 spiro atoms. The predicted octanol–water partition coefficient (Wildman–Crippen LogP) is 2.40. The minimum atomic E-state index is 0.577. The first-order valence-electron chi connectivity index (χ1n) is 5.78. The summed E-state index contributed by atoms with van der Waals surface area (Å²) in [7, 11) is 4.21. The van der Waals surface area contributed by atoms with Crippen molar-refractivity contribution in [2.24, 2.45) is 0 Å². The third-order valence-electron chi connectivity index (χ3n) is 3.35. The number of nitrogens with zero attached hydrogens (tertiary/aromatic N) is 2. The van der Waals surface area contributed by atoms with Crippen molar-refractivity contribution in [2.45, 2.75) is 12.5 Å². The van der Waals surface area contributed by atoms with Gasteiger partial charge in [0.15, 0.2) is 6.29 Å². The van der Waals surface area contributed by atoms with Gasteiger partial charge < -0.3 is 9.80 Å². The van der Waals surface area contributed by atoms with E-state index in [2.05, 4.69) is 39.8 Å². The van der Waals surface area contributed by atoms with Crippen LogP contribution in [-0.4, -0.2) is 44.4 Å². The maximum absolute atomic E-state index is 11.1. The fourth-order valence-electron chi connectivity index (χ4n) is 2.27. The zero-order chi connectivity index (χ0) is 12.4. The summed E-state index contributed by atoms with van der Waals surface area (Å²) in [5.74, 6) is 0. The number of hydrogen-bond acceptors (Lipinski definition) is 3. The molecule has 0 amide bonds. The van der Waals surface area contributed by atoms with Gasteiger partial charge >= 0.3 is 0 Å². The molecule has 17 heavy (non-hydrogen) atoms. The van der Waals surface area contributed by atoms with Crippen molar-refractivity contribution < 1.29 is 4.79 Å². The Morgan fingerprint density at radius 3 is 2.82 bits per heavy atom. The van der Waals surface area contributed by atoms with Crippen molar-refractivity contribution in [2.75, 3.05) is 32.1 Å². The van der Waals surface area contributed by atoms with E-state index in [-0.39, 0.29) is 0 Å². The van der Waals surface area contributed by atoms with Crippen molar-refractivity contribution in [1.29, 1.82) is 0 Å². The molecule has 1 aromatic carbocycles. The Balaban J connectivity index is 2.23. The lowest BCUT2D eigenvalue weighted by atomic mass is 10.2. The number of carbonyl (C=O) groups excluding carboxylic acids is 1. The van der Waals surface area contributed by atoms with E-state index in [4.69, 9.17) is 0 Å². The van der Waals surface area contributed by atoms with Crippen molar-refractivity contribution >= 4 is 27.9 Å². The highest BCUT2D eigenvalue weighted by Gasteiger charge is 2.25. The topological polar surface area (TPSA) is 23.6 Å². The van der Waals surface area contributed by atoms with Crippen LogP contribution in [0.25, 0.3) is 0 Å². The van der Waals surface area contributed by atoms with Crippen LogP contribution >= 0.6 is 15.9 Å². The van der Waals surface area contributed by atoms with Crippen molar-refractivity contribution in [3.8, 4) is 0 Å². The zero-order valence-corrected chi connectivity index (χ0v) is 11.8. The normalized spacial score (nSPS) is 20.0. The molecule has 1 aromatic rings. The van der Waals surface area contributed by atoms with Crippen LogP contribution in [0, 0.1) is 0 Å². The summed E-state index contributed by atoms with van der Waals surface area (Å²) in [4.78, 5) is 15.6. The second kappa shape index (κ2) is 5.19. The molecular weight excluding hydrogens is 280 g/mol. The lowest BCUT2D eigenvalue weighted by Crippen LogP contribution is -2.31. The van der Waals surface area contributed by atoms with E-state index in [9.17, 15) is 4.79 Å². The Hall–Kier alpha value is -0.870. The second-order valence-electron chi connectivity index (χ2n) is 4.67. The number of benzene rings is 1. The van der Waals surface area contributed by atoms with Gasteiger partial charge in [-0.05, 0) is 38.7 Å². The summed E-state index contributed by atoms with van der Waals surface area (Å²) in [6.07, 6.45) is 2.09. The standard InChI is InChI=1S/C13H17BrN2O/c1-15(2)12-5-6-16(8-12)13-7-11(14)4-3-10(13)9-17/h3-4,7,9,12H,5-6,8H2,1-2H3. The summed E-state index contributed by atoms with van der Waals surface area (Å²) in [5, 5.41) is 0. The number of aldehydes is 1. The molecule has 3 nitrogen and oxygen atoms in total. The van der Waals surface area contributed by atoms with E-state index >= 15 is 0 Å². The molecule has 1 saturated heterocycles. The number of hydrogen-bond donors (Lipinski definition) is 0. The molecule has 1 unspecified atom stereocenters. The van der Waals surface area contributed by atoms with Gasteiger partial charge in [-0.1, -0.05) is 15.9 Å². The van der Waals surface area contributed by atoms with Crippen molar-refractivity contribution in [1.82, 2.24) is 4.90 Å². The third-order valence-corrected chi connectivity index (χ3v) is 3.85. The van der Waals surface area contributed by atoms with Crippen LogP contribution in [-0.2, 0) is 0 Å². The molecule has 0 aliphatic carbocycles. The Kier molecular flexibility index (Phi) is 3.84. The van der Waals surface area contributed by atoms with Gasteiger partial charge in [-0.25, -0.2) is 0 Å². The first-order chi connectivity index (χ1) is 8.11. The molecule has 1 aliphatic rings. The third kappa shape index (κ3) is 2.69. The molecule has 1 atom stereocenters. The van der Waals surface area contributed by atoms with Gasteiger partial charge in [0.25, 0.3) is 0 Å². The monoisotopic (exact) mass is 296 g/mol. The van der Waals surface area contributed by atoms with E-state index in [1.807, 2.05) is 18.2 Å². The van der Waals surface area contributed by atoms with Crippen LogP contribution in [0.15, 0.2) is 22.7 Å². The summed E-state index contributed by atoms with van der Waals surface area (Å²) in [5.41, 5.74) is 1.81. The summed E-state index contributed by atoms with van der Waals surface area (Å²) in [6.45, 7) is 2.00. The van der Waals surface area contributed by atoms with Gasteiger partial charge in [0.05, 0.1) is 0 Å². The Bertz CT molecular complexity index is 420. The number of carbonyl (C=O) groups is 1. The first kappa shape index (κ1) is 12.6. The Labute approximate surface area is 111 Å². The Morgan fingerprint density at radius 2 is 2.24 bits per heavy atom. The summed E-state index contributed by atoms with van der Waals surface area (Å²) < 4.78 is 1.02. The largest absolute Gasteiger partial charge is 0.369 e. The SMILES string of the molecule is CN(C)C1CCN(c2cc(Br)ccc2C=O)C1. The summed E-state index contributed by atoms with van der Waals surface area (Å²) >= 11 is 3.46.